The SMILES string of the molecule is CC/C=C\C/C=C\C/C=C\C/C=C\CCCCCCCCCCCCCCCCCCCCCCCCC(=O)NC(COC1OC(CO)C(OC2OC(CO)C(O)C(O)C2O)C(O)C1O)C(O)/C=C/CCCCCCCCCCCCCCCCCCCCCCCC. The van der Waals surface area contributed by atoms with E-state index in [1.807, 2.05) is 6.08 Å². The molecule has 2 heterocycles. The van der Waals surface area contributed by atoms with E-state index in [-0.39, 0.29) is 18.9 Å². The number of ether oxygens (including phenoxy) is 4. The molecule has 0 spiro atoms. The molecule has 14 nitrogen and oxygen atoms in total. The van der Waals surface area contributed by atoms with Crippen molar-refractivity contribution < 1.29 is 64.6 Å². The van der Waals surface area contributed by atoms with Crippen LogP contribution in [0.5, 0.6) is 0 Å². The van der Waals surface area contributed by atoms with Crippen molar-refractivity contribution in [2.75, 3.05) is 19.8 Å². The molecular formula is C79H145NO13. The van der Waals surface area contributed by atoms with Gasteiger partial charge in [0.1, 0.15) is 48.8 Å². The van der Waals surface area contributed by atoms with Gasteiger partial charge in [-0.1, -0.05) is 338 Å². The third-order valence-corrected chi connectivity index (χ3v) is 19.0. The largest absolute Gasteiger partial charge is 0.394 e. The number of hydrogen-bond donors (Lipinski definition) is 9. The summed E-state index contributed by atoms with van der Waals surface area (Å²) in [5.74, 6) is -0.233. The van der Waals surface area contributed by atoms with Crippen LogP contribution in [0.1, 0.15) is 341 Å². The Bertz CT molecular complexity index is 1790. The van der Waals surface area contributed by atoms with Crippen molar-refractivity contribution in [3.63, 3.8) is 0 Å². The van der Waals surface area contributed by atoms with Gasteiger partial charge < -0.3 is 65.1 Å². The first-order valence-corrected chi connectivity index (χ1v) is 39.0. The fraction of sp³-hybridized carbons (Fsp3) is 0.861. The van der Waals surface area contributed by atoms with E-state index in [4.69, 9.17) is 18.9 Å². The number of rotatable bonds is 65. The van der Waals surface area contributed by atoms with Crippen molar-refractivity contribution in [1.29, 1.82) is 0 Å². The first-order valence-electron chi connectivity index (χ1n) is 39.0. The van der Waals surface area contributed by atoms with Crippen LogP contribution in [0.3, 0.4) is 0 Å². The molecule has 2 fully saturated rings. The molecule has 2 aliphatic heterocycles. The molecule has 93 heavy (non-hydrogen) atoms. The van der Waals surface area contributed by atoms with Crippen LogP contribution in [-0.4, -0.2) is 140 Å². The van der Waals surface area contributed by atoms with Crippen LogP contribution in [0.2, 0.25) is 0 Å². The van der Waals surface area contributed by atoms with Crippen LogP contribution >= 0.6 is 0 Å². The van der Waals surface area contributed by atoms with E-state index in [1.54, 1.807) is 6.08 Å². The minimum Gasteiger partial charge on any atom is -0.394 e. The predicted octanol–water partition coefficient (Wildman–Crippen LogP) is 17.2. The fourth-order valence-corrected chi connectivity index (χ4v) is 12.8. The highest BCUT2D eigenvalue weighted by Crippen LogP contribution is 2.30. The van der Waals surface area contributed by atoms with Crippen molar-refractivity contribution in [3.8, 4) is 0 Å². The van der Waals surface area contributed by atoms with Crippen LogP contribution < -0.4 is 5.32 Å². The highest BCUT2D eigenvalue weighted by molar-refractivity contribution is 5.76. The highest BCUT2D eigenvalue weighted by atomic mass is 16.7. The van der Waals surface area contributed by atoms with E-state index in [0.717, 1.165) is 64.2 Å². The first-order chi connectivity index (χ1) is 45.6. The normalized spacial score (nSPS) is 22.9. The van der Waals surface area contributed by atoms with Gasteiger partial charge >= 0.3 is 0 Å². The lowest BCUT2D eigenvalue weighted by atomic mass is 9.97. The predicted molar refractivity (Wildman–Crippen MR) is 383 cm³/mol. The molecular weight excluding hydrogens is 1170 g/mol. The van der Waals surface area contributed by atoms with E-state index < -0.39 is 86.8 Å². The Morgan fingerprint density at radius 1 is 0.398 bits per heavy atom. The van der Waals surface area contributed by atoms with E-state index in [0.29, 0.717) is 6.42 Å². The van der Waals surface area contributed by atoms with Gasteiger partial charge in [0.2, 0.25) is 5.91 Å². The maximum atomic E-state index is 13.4. The van der Waals surface area contributed by atoms with Gasteiger partial charge in [0.05, 0.1) is 32.0 Å². The standard InChI is InChI=1S/C79H145NO13/c1-3-5-7-9-11-13-15-17-19-21-23-25-27-29-30-31-32-33-34-35-36-37-38-39-41-43-45-47-49-51-53-55-57-59-61-63-71(84)80-67(66-90-78-76(89)74(87)77(70(65-82)92-78)93-79-75(88)73(86)72(85)69(64-81)91-79)68(83)62-60-58-56-54-52-50-48-46-44-42-40-28-26-24-22-20-18-16-14-12-10-8-6-4-2/h5,7,11,13,17,19,23,25,60,62,67-70,72-79,81-83,85-89H,3-4,6,8-10,12,14-16,18,20-22,24,26-59,61,63-66H2,1-2H3,(H,80,84)/b7-5-,13-11-,19-17-,25-23-,62-60+. The lowest BCUT2D eigenvalue weighted by Crippen LogP contribution is -2.65. The van der Waals surface area contributed by atoms with Crippen molar-refractivity contribution in [2.45, 2.75) is 415 Å². The molecule has 544 valence electrons. The van der Waals surface area contributed by atoms with Crippen LogP contribution in [-0.2, 0) is 23.7 Å². The second kappa shape index (κ2) is 63.2. The maximum Gasteiger partial charge on any atom is 0.220 e. The molecule has 0 aromatic rings. The van der Waals surface area contributed by atoms with E-state index in [2.05, 4.69) is 67.8 Å². The lowest BCUT2D eigenvalue weighted by Gasteiger charge is -2.46. The summed E-state index contributed by atoms with van der Waals surface area (Å²) in [6.07, 6.45) is 68.7. The quantitative estimate of drug-likeness (QED) is 0.0204. The molecule has 0 aromatic heterocycles. The molecule has 0 radical (unpaired) electrons. The van der Waals surface area contributed by atoms with Crippen LogP contribution in [0.15, 0.2) is 60.8 Å². The Kier molecular flexibility index (Phi) is 58.9. The molecule has 12 unspecified atom stereocenters. The number of hydrogen-bond acceptors (Lipinski definition) is 13. The van der Waals surface area contributed by atoms with Crippen molar-refractivity contribution in [1.82, 2.24) is 5.32 Å². The van der Waals surface area contributed by atoms with Gasteiger partial charge in [-0.3, -0.25) is 4.79 Å². The zero-order valence-electron chi connectivity index (χ0n) is 59.5. The maximum absolute atomic E-state index is 13.4. The van der Waals surface area contributed by atoms with Crippen LogP contribution in [0.25, 0.3) is 0 Å². The molecule has 0 aromatic carbocycles. The van der Waals surface area contributed by atoms with Gasteiger partial charge in [-0.25, -0.2) is 0 Å². The molecule has 9 N–H and O–H groups in total. The average Bonchev–Trinajstić information content (AvgIpc) is 0.854. The summed E-state index contributed by atoms with van der Waals surface area (Å²) in [4.78, 5) is 13.4. The summed E-state index contributed by atoms with van der Waals surface area (Å²) < 4.78 is 22.9. The molecule has 12 atom stereocenters. The van der Waals surface area contributed by atoms with Gasteiger partial charge in [-0.2, -0.15) is 0 Å². The number of carbonyl (C=O) groups is 1. The summed E-state index contributed by atoms with van der Waals surface area (Å²) in [5, 5.41) is 87.6. The monoisotopic (exact) mass is 1320 g/mol. The van der Waals surface area contributed by atoms with Crippen molar-refractivity contribution in [2.24, 2.45) is 0 Å². The summed E-state index contributed by atoms with van der Waals surface area (Å²) in [6, 6.07) is -0.916. The molecule has 0 bridgehead atoms. The van der Waals surface area contributed by atoms with E-state index in [9.17, 15) is 45.6 Å². The number of amides is 1. The number of unbranched alkanes of at least 4 members (excludes halogenated alkanes) is 44. The first kappa shape index (κ1) is 86.8. The molecule has 2 rings (SSSR count). The molecule has 1 amide bonds. The lowest BCUT2D eigenvalue weighted by molar-refractivity contribution is -0.359. The molecule has 0 saturated carbocycles. The van der Waals surface area contributed by atoms with Crippen molar-refractivity contribution >= 4 is 5.91 Å². The van der Waals surface area contributed by atoms with Gasteiger partial charge in [0, 0.05) is 6.42 Å². The zero-order valence-corrected chi connectivity index (χ0v) is 59.5. The molecule has 14 heteroatoms. The Hall–Kier alpha value is -2.31. The van der Waals surface area contributed by atoms with Crippen LogP contribution in [0.4, 0.5) is 0 Å². The molecule has 2 aliphatic rings. The molecule has 2 saturated heterocycles. The minimum absolute atomic E-state index is 0.233. The fourth-order valence-electron chi connectivity index (χ4n) is 12.8. The smallest absolute Gasteiger partial charge is 0.220 e. The van der Waals surface area contributed by atoms with Crippen molar-refractivity contribution in [3.05, 3.63) is 60.8 Å². The van der Waals surface area contributed by atoms with E-state index >= 15 is 0 Å². The average molecular weight is 1320 g/mol. The van der Waals surface area contributed by atoms with Gasteiger partial charge in [0.25, 0.3) is 0 Å². The highest BCUT2D eigenvalue weighted by Gasteiger charge is 2.51. The Labute approximate surface area is 568 Å². The van der Waals surface area contributed by atoms with Gasteiger partial charge in [0.15, 0.2) is 12.6 Å². The Balaban J connectivity index is 1.61. The minimum atomic E-state index is -1.79. The number of aliphatic hydroxyl groups is 8. The Morgan fingerprint density at radius 3 is 1.14 bits per heavy atom. The summed E-state index contributed by atoms with van der Waals surface area (Å²) in [5.41, 5.74) is 0. The number of nitrogens with one attached hydrogen (secondary N) is 1. The van der Waals surface area contributed by atoms with Crippen LogP contribution in [0, 0.1) is 0 Å². The second-order valence-corrected chi connectivity index (χ2v) is 27.5. The van der Waals surface area contributed by atoms with Gasteiger partial charge in [-0.05, 0) is 57.8 Å². The molecule has 0 aliphatic carbocycles. The zero-order chi connectivity index (χ0) is 67.3. The number of carbonyl (C=O) groups excluding carboxylic acids is 1. The summed E-state index contributed by atoms with van der Waals surface area (Å²) in [6.45, 7) is 2.74. The van der Waals surface area contributed by atoms with Gasteiger partial charge in [-0.15, -0.1) is 0 Å². The second-order valence-electron chi connectivity index (χ2n) is 27.5. The van der Waals surface area contributed by atoms with E-state index in [1.165, 1.54) is 250 Å². The Morgan fingerprint density at radius 2 is 0.742 bits per heavy atom. The topological polar surface area (TPSA) is 228 Å². The number of allylic oxidation sites excluding steroid dienone is 9. The third-order valence-electron chi connectivity index (χ3n) is 19.0. The summed E-state index contributed by atoms with van der Waals surface area (Å²) in [7, 11) is 0. The summed E-state index contributed by atoms with van der Waals surface area (Å²) >= 11 is 0. The third kappa shape index (κ3) is 46.6. The number of aliphatic hydroxyl groups excluding tert-OH is 8.